The van der Waals surface area contributed by atoms with Gasteiger partial charge in [-0.05, 0) is 36.6 Å². The van der Waals surface area contributed by atoms with E-state index in [2.05, 4.69) is 26.2 Å². The van der Waals surface area contributed by atoms with Crippen LogP contribution < -0.4 is 9.47 Å². The second kappa shape index (κ2) is 9.40. The molecule has 1 saturated heterocycles. The van der Waals surface area contributed by atoms with Crippen molar-refractivity contribution >= 4 is 34.9 Å². The normalized spacial score (nSPS) is 15.6. The molecule has 0 radical (unpaired) electrons. The van der Waals surface area contributed by atoms with E-state index in [9.17, 15) is 4.79 Å². The number of carbonyl (C=O) groups excluding carboxylic acids is 1. The van der Waals surface area contributed by atoms with Crippen molar-refractivity contribution in [1.82, 2.24) is 9.88 Å². The summed E-state index contributed by atoms with van der Waals surface area (Å²) in [6, 6.07) is 3.59. The van der Waals surface area contributed by atoms with Crippen molar-refractivity contribution in [3.05, 3.63) is 44.9 Å². The van der Waals surface area contributed by atoms with Crippen molar-refractivity contribution in [2.75, 3.05) is 27.3 Å². The number of likely N-dealkylation sites (tertiary alicyclic amines) is 1. The fraction of sp³-hybridized carbons (Fsp3) is 0.478. The van der Waals surface area contributed by atoms with Crippen LogP contribution >= 0.6 is 22.9 Å². The van der Waals surface area contributed by atoms with Crippen molar-refractivity contribution in [2.24, 2.45) is 0 Å². The lowest BCUT2D eigenvalue weighted by Gasteiger charge is -2.30. The van der Waals surface area contributed by atoms with E-state index in [0.717, 1.165) is 37.2 Å². The van der Waals surface area contributed by atoms with Gasteiger partial charge in [0.15, 0.2) is 11.5 Å². The van der Waals surface area contributed by atoms with E-state index in [-0.39, 0.29) is 11.3 Å². The quantitative estimate of drug-likeness (QED) is 0.564. The van der Waals surface area contributed by atoms with Crippen molar-refractivity contribution in [1.29, 1.82) is 0 Å². The number of aromatic nitrogens is 1. The van der Waals surface area contributed by atoms with Crippen molar-refractivity contribution in [3.8, 4) is 11.5 Å². The van der Waals surface area contributed by atoms with E-state index in [0.29, 0.717) is 22.4 Å². The molecule has 0 spiro atoms. The van der Waals surface area contributed by atoms with Gasteiger partial charge in [0.25, 0.3) is 0 Å². The fourth-order valence-corrected chi connectivity index (χ4v) is 4.98. The molecular formula is C23H29ClN2O3S. The van der Waals surface area contributed by atoms with Gasteiger partial charge in [-0.3, -0.25) is 4.79 Å². The van der Waals surface area contributed by atoms with Crippen LogP contribution in [0.1, 0.15) is 55.8 Å². The van der Waals surface area contributed by atoms with Crippen LogP contribution in [-0.4, -0.2) is 43.1 Å². The molecular weight excluding hydrogens is 420 g/mol. The minimum atomic E-state index is -0.00572. The van der Waals surface area contributed by atoms with Crippen LogP contribution in [0.2, 0.25) is 5.02 Å². The van der Waals surface area contributed by atoms with Crippen LogP contribution in [0.5, 0.6) is 11.5 Å². The van der Waals surface area contributed by atoms with Gasteiger partial charge in [-0.1, -0.05) is 32.4 Å². The third-order valence-electron chi connectivity index (χ3n) is 5.37. The molecule has 0 atom stereocenters. The van der Waals surface area contributed by atoms with Crippen LogP contribution in [0.4, 0.5) is 0 Å². The highest BCUT2D eigenvalue weighted by Crippen LogP contribution is 2.38. The molecule has 1 fully saturated rings. The number of piperidine rings is 1. The number of nitrogens with zero attached hydrogens (tertiary/aromatic N) is 2. The van der Waals surface area contributed by atoms with Gasteiger partial charge in [-0.2, -0.15) is 0 Å². The molecule has 0 aliphatic carbocycles. The lowest BCUT2D eigenvalue weighted by atomic mass is 9.93. The smallest absolute Gasteiger partial charge is 0.246 e. The second-order valence-electron chi connectivity index (χ2n) is 8.46. The summed E-state index contributed by atoms with van der Waals surface area (Å²) in [7, 11) is 3.10. The van der Waals surface area contributed by atoms with Gasteiger partial charge in [0.05, 0.1) is 29.9 Å². The molecule has 3 rings (SSSR count). The molecule has 2 heterocycles. The molecule has 1 aliphatic rings. The number of rotatable bonds is 5. The Morgan fingerprint density at radius 2 is 1.93 bits per heavy atom. The maximum atomic E-state index is 12.7. The van der Waals surface area contributed by atoms with E-state index in [4.69, 9.17) is 26.1 Å². The first-order valence-electron chi connectivity index (χ1n) is 10.1. The number of thiazole rings is 1. The van der Waals surface area contributed by atoms with Crippen LogP contribution in [0.15, 0.2) is 23.6 Å². The number of ether oxygens (including phenoxy) is 2. The van der Waals surface area contributed by atoms with Crippen LogP contribution in [0.3, 0.4) is 0 Å². The Morgan fingerprint density at radius 3 is 2.50 bits per heavy atom. The minimum Gasteiger partial charge on any atom is -0.493 e. The fourth-order valence-electron chi connectivity index (χ4n) is 3.47. The zero-order chi connectivity index (χ0) is 21.9. The second-order valence-corrected chi connectivity index (χ2v) is 9.73. The predicted molar refractivity (Wildman–Crippen MR) is 123 cm³/mol. The monoisotopic (exact) mass is 448 g/mol. The van der Waals surface area contributed by atoms with Gasteiger partial charge >= 0.3 is 0 Å². The molecule has 0 bridgehead atoms. The molecule has 0 unspecified atom stereocenters. The average Bonchev–Trinajstić information content (AvgIpc) is 3.23. The Kier molecular flexibility index (Phi) is 7.09. The highest BCUT2D eigenvalue weighted by Gasteiger charge is 2.26. The Hall–Kier alpha value is -2.05. The average molecular weight is 449 g/mol. The molecule has 5 nitrogen and oxygen atoms in total. The third-order valence-corrected chi connectivity index (χ3v) is 6.76. The van der Waals surface area contributed by atoms with Crippen molar-refractivity contribution < 1.29 is 14.3 Å². The summed E-state index contributed by atoms with van der Waals surface area (Å²) >= 11 is 8.14. The maximum absolute atomic E-state index is 12.7. The zero-order valence-electron chi connectivity index (χ0n) is 18.2. The van der Waals surface area contributed by atoms with E-state index in [1.807, 2.05) is 11.0 Å². The summed E-state index contributed by atoms with van der Waals surface area (Å²) in [6.45, 7) is 8.02. The summed E-state index contributed by atoms with van der Waals surface area (Å²) < 4.78 is 10.6. The Labute approximate surface area is 187 Å². The van der Waals surface area contributed by atoms with Gasteiger partial charge in [0.2, 0.25) is 5.91 Å². The molecule has 162 valence electrons. The lowest BCUT2D eigenvalue weighted by Crippen LogP contribution is -2.36. The Bertz CT molecular complexity index is 925. The number of amides is 1. The van der Waals surface area contributed by atoms with Gasteiger partial charge in [0.1, 0.15) is 0 Å². The summed E-state index contributed by atoms with van der Waals surface area (Å²) in [5.74, 6) is 1.45. The molecule has 7 heteroatoms. The summed E-state index contributed by atoms with van der Waals surface area (Å²) in [6.07, 6.45) is 5.19. The molecule has 1 aromatic carbocycles. The topological polar surface area (TPSA) is 51.7 Å². The Balaban J connectivity index is 1.61. The molecule has 0 N–H and O–H groups in total. The number of hydrogen-bond donors (Lipinski definition) is 0. The maximum Gasteiger partial charge on any atom is 0.246 e. The molecule has 2 aromatic rings. The first kappa shape index (κ1) is 22.6. The largest absolute Gasteiger partial charge is 0.493 e. The minimum absolute atomic E-state index is 0.00572. The summed E-state index contributed by atoms with van der Waals surface area (Å²) in [5.41, 5.74) is 1.94. The molecule has 1 aromatic heterocycles. The SMILES string of the molecule is COc1ccc(/C=C/C(=O)N2CCC(c3nc(C(C)(C)C)cs3)CC2)c(Cl)c1OC. The first-order chi connectivity index (χ1) is 14.2. The van der Waals surface area contributed by atoms with E-state index in [1.54, 1.807) is 43.8 Å². The van der Waals surface area contributed by atoms with Gasteiger partial charge in [0, 0.05) is 35.9 Å². The highest BCUT2D eigenvalue weighted by atomic mass is 35.5. The summed E-state index contributed by atoms with van der Waals surface area (Å²) in [4.78, 5) is 19.4. The molecule has 30 heavy (non-hydrogen) atoms. The third kappa shape index (κ3) is 4.98. The lowest BCUT2D eigenvalue weighted by molar-refractivity contribution is -0.126. The first-order valence-corrected chi connectivity index (χ1v) is 11.3. The predicted octanol–water partition coefficient (Wildman–Crippen LogP) is 5.53. The van der Waals surface area contributed by atoms with Crippen LogP contribution in [-0.2, 0) is 10.2 Å². The van der Waals surface area contributed by atoms with Crippen molar-refractivity contribution in [3.63, 3.8) is 0 Å². The zero-order valence-corrected chi connectivity index (χ0v) is 19.8. The van der Waals surface area contributed by atoms with Crippen LogP contribution in [0, 0.1) is 0 Å². The summed E-state index contributed by atoms with van der Waals surface area (Å²) in [5, 5.41) is 3.79. The van der Waals surface area contributed by atoms with Crippen LogP contribution in [0.25, 0.3) is 6.08 Å². The van der Waals surface area contributed by atoms with Gasteiger partial charge in [-0.25, -0.2) is 4.98 Å². The highest BCUT2D eigenvalue weighted by molar-refractivity contribution is 7.09. The van der Waals surface area contributed by atoms with E-state index in [1.165, 1.54) is 5.01 Å². The van der Waals surface area contributed by atoms with Gasteiger partial charge in [-0.15, -0.1) is 11.3 Å². The van der Waals surface area contributed by atoms with E-state index >= 15 is 0 Å². The molecule has 1 amide bonds. The number of carbonyl (C=O) groups is 1. The molecule has 0 saturated carbocycles. The number of benzene rings is 1. The number of hydrogen-bond acceptors (Lipinski definition) is 5. The standard InChI is InChI=1S/C23H29ClN2O3S/c1-23(2,3)18-14-30-22(25-18)16-10-12-26(13-11-16)19(27)9-7-15-6-8-17(28-4)21(29-5)20(15)24/h6-9,14,16H,10-13H2,1-5H3/b9-7+. The Morgan fingerprint density at radius 1 is 1.23 bits per heavy atom. The van der Waals surface area contributed by atoms with Crippen molar-refractivity contribution in [2.45, 2.75) is 44.9 Å². The number of methoxy groups -OCH3 is 2. The number of halogens is 1. The van der Waals surface area contributed by atoms with E-state index < -0.39 is 0 Å². The molecule has 1 aliphatic heterocycles. The van der Waals surface area contributed by atoms with Gasteiger partial charge < -0.3 is 14.4 Å².